The Labute approximate surface area is 204 Å². The summed E-state index contributed by atoms with van der Waals surface area (Å²) in [6.45, 7) is 2.58. The highest BCUT2D eigenvalue weighted by Gasteiger charge is 2.26. The van der Waals surface area contributed by atoms with Gasteiger partial charge in [-0.15, -0.1) is 10.2 Å². The maximum atomic E-state index is 6.33. The van der Waals surface area contributed by atoms with Gasteiger partial charge in [-0.05, 0) is 53.8 Å². The fraction of sp³-hybridized carbons (Fsp3) is 0.160. The summed E-state index contributed by atoms with van der Waals surface area (Å²) in [4.78, 5) is 4.64. The van der Waals surface area contributed by atoms with E-state index in [4.69, 9.17) is 9.47 Å². The Morgan fingerprint density at radius 3 is 2.64 bits per heavy atom. The molecule has 1 aromatic heterocycles. The van der Waals surface area contributed by atoms with Gasteiger partial charge in [0.2, 0.25) is 11.0 Å². The first-order valence-electron chi connectivity index (χ1n) is 10.6. The number of hydrogen-bond acceptors (Lipinski definition) is 7. The smallest absolute Gasteiger partial charge is 0.247 e. The highest BCUT2D eigenvalue weighted by atomic mass is 79.9. The first kappa shape index (κ1) is 21.7. The Kier molecular flexibility index (Phi) is 6.46. The molecule has 0 spiro atoms. The second kappa shape index (κ2) is 9.80. The van der Waals surface area contributed by atoms with Crippen LogP contribution in [0.5, 0.6) is 11.6 Å². The summed E-state index contributed by atoms with van der Waals surface area (Å²) in [5.74, 6) is 2.11. The molecule has 0 unspecified atom stereocenters. The van der Waals surface area contributed by atoms with Gasteiger partial charge < -0.3 is 14.8 Å². The van der Waals surface area contributed by atoms with E-state index in [1.807, 2.05) is 72.8 Å². The highest BCUT2D eigenvalue weighted by Crippen LogP contribution is 2.41. The third-order valence-electron chi connectivity index (χ3n) is 5.09. The normalized spacial score (nSPS) is 14.3. The Balaban J connectivity index is 1.42. The number of rotatable bonds is 6. The lowest BCUT2D eigenvalue weighted by Gasteiger charge is -2.19. The van der Waals surface area contributed by atoms with Crippen LogP contribution >= 0.6 is 27.7 Å². The Hall–Kier alpha value is -3.10. The molecule has 1 aliphatic heterocycles. The standard InChI is InChI=1S/C25H21BrN4O2S/c1-2-33-25-28-24-22(29-30-25)20-14-18(26)10-13-21(20)27-23(32-24)17-8-11-19(12-9-17)31-15-16-6-4-3-5-7-16/h3-14,23,27H,2,15H2,1H3/t23-/m0/s1. The number of thioether (sulfide) groups is 1. The summed E-state index contributed by atoms with van der Waals surface area (Å²) in [5, 5.41) is 12.8. The molecule has 5 rings (SSSR count). The Bertz CT molecular complexity index is 1260. The van der Waals surface area contributed by atoms with Crippen LogP contribution in [0.1, 0.15) is 24.3 Å². The first-order valence-corrected chi connectivity index (χ1v) is 12.3. The summed E-state index contributed by atoms with van der Waals surface area (Å²) in [6.07, 6.45) is -0.439. The minimum absolute atomic E-state index is 0.439. The van der Waals surface area contributed by atoms with Gasteiger partial charge in [0.1, 0.15) is 12.4 Å². The van der Waals surface area contributed by atoms with Crippen molar-refractivity contribution in [1.29, 1.82) is 0 Å². The molecular formula is C25H21BrN4O2S. The summed E-state index contributed by atoms with van der Waals surface area (Å²) >= 11 is 5.08. The van der Waals surface area contributed by atoms with Gasteiger partial charge in [-0.3, -0.25) is 0 Å². The molecule has 166 valence electrons. The van der Waals surface area contributed by atoms with Gasteiger partial charge in [-0.2, -0.15) is 4.98 Å². The number of hydrogen-bond donors (Lipinski definition) is 1. The molecule has 0 bridgehead atoms. The Morgan fingerprint density at radius 1 is 1.03 bits per heavy atom. The topological polar surface area (TPSA) is 69.2 Å². The number of nitrogens with one attached hydrogen (secondary N) is 1. The van der Waals surface area contributed by atoms with Crippen molar-refractivity contribution in [2.75, 3.05) is 11.1 Å². The predicted molar refractivity (Wildman–Crippen MR) is 134 cm³/mol. The minimum atomic E-state index is -0.439. The van der Waals surface area contributed by atoms with Crippen LogP contribution in [0.25, 0.3) is 11.3 Å². The van der Waals surface area contributed by atoms with E-state index in [0.717, 1.165) is 38.4 Å². The zero-order valence-corrected chi connectivity index (χ0v) is 20.3. The summed E-state index contributed by atoms with van der Waals surface area (Å²) in [7, 11) is 0. The largest absolute Gasteiger partial charge is 0.489 e. The van der Waals surface area contributed by atoms with E-state index < -0.39 is 6.23 Å². The maximum absolute atomic E-state index is 6.33. The highest BCUT2D eigenvalue weighted by molar-refractivity contribution is 9.10. The third kappa shape index (κ3) is 4.96. The van der Waals surface area contributed by atoms with E-state index in [2.05, 4.69) is 43.4 Å². The molecule has 3 aromatic carbocycles. The van der Waals surface area contributed by atoms with E-state index in [1.165, 1.54) is 11.8 Å². The second-order valence-corrected chi connectivity index (χ2v) is 9.50. The molecule has 8 heteroatoms. The van der Waals surface area contributed by atoms with Gasteiger partial charge in [0, 0.05) is 21.3 Å². The van der Waals surface area contributed by atoms with Crippen LogP contribution in [-0.4, -0.2) is 20.9 Å². The molecule has 33 heavy (non-hydrogen) atoms. The SMILES string of the molecule is CCSc1nnc2c(n1)O[C@@H](c1ccc(OCc3ccccc3)cc1)Nc1ccc(Br)cc1-2. The average molecular weight is 521 g/mol. The summed E-state index contributed by atoms with van der Waals surface area (Å²) in [5.41, 5.74) is 4.48. The number of aromatic nitrogens is 3. The number of ether oxygens (including phenoxy) is 2. The van der Waals surface area contributed by atoms with Crippen molar-refractivity contribution in [2.45, 2.75) is 24.9 Å². The lowest BCUT2D eigenvalue weighted by molar-refractivity contribution is 0.225. The lowest BCUT2D eigenvalue weighted by atomic mass is 10.1. The van der Waals surface area contributed by atoms with Crippen molar-refractivity contribution in [2.24, 2.45) is 0 Å². The molecule has 0 radical (unpaired) electrons. The predicted octanol–water partition coefficient (Wildman–Crippen LogP) is 6.50. The van der Waals surface area contributed by atoms with Gasteiger partial charge in [-0.25, -0.2) is 0 Å². The van der Waals surface area contributed by atoms with E-state index in [9.17, 15) is 0 Å². The summed E-state index contributed by atoms with van der Waals surface area (Å²) in [6, 6.07) is 24.0. The van der Waals surface area contributed by atoms with Gasteiger partial charge in [0.15, 0.2) is 11.9 Å². The minimum Gasteiger partial charge on any atom is -0.489 e. The molecule has 2 heterocycles. The lowest BCUT2D eigenvalue weighted by Crippen LogP contribution is -2.17. The van der Waals surface area contributed by atoms with E-state index in [0.29, 0.717) is 23.3 Å². The molecule has 6 nitrogen and oxygen atoms in total. The van der Waals surface area contributed by atoms with E-state index in [-0.39, 0.29) is 0 Å². The number of anilines is 1. The molecule has 4 aromatic rings. The molecule has 0 fully saturated rings. The third-order valence-corrected chi connectivity index (χ3v) is 6.31. The van der Waals surface area contributed by atoms with Crippen molar-refractivity contribution in [1.82, 2.24) is 15.2 Å². The van der Waals surface area contributed by atoms with Gasteiger partial charge in [-0.1, -0.05) is 64.9 Å². The molecule has 0 aliphatic carbocycles. The number of halogens is 1. The van der Waals surface area contributed by atoms with Gasteiger partial charge in [0.25, 0.3) is 0 Å². The van der Waals surface area contributed by atoms with Crippen molar-refractivity contribution >= 4 is 33.4 Å². The van der Waals surface area contributed by atoms with E-state index >= 15 is 0 Å². The maximum Gasteiger partial charge on any atom is 0.247 e. The van der Waals surface area contributed by atoms with Crippen LogP contribution in [0.2, 0.25) is 0 Å². The van der Waals surface area contributed by atoms with Crippen molar-refractivity contribution in [3.63, 3.8) is 0 Å². The van der Waals surface area contributed by atoms with Gasteiger partial charge in [0.05, 0.1) is 0 Å². The average Bonchev–Trinajstić information content (AvgIpc) is 3.00. The van der Waals surface area contributed by atoms with E-state index in [1.54, 1.807) is 0 Å². The number of nitrogens with zero attached hydrogens (tertiary/aromatic N) is 3. The molecule has 1 aliphatic rings. The molecule has 0 saturated heterocycles. The molecule has 0 amide bonds. The van der Waals surface area contributed by atoms with Crippen molar-refractivity contribution in [3.8, 4) is 22.9 Å². The summed E-state index contributed by atoms with van der Waals surface area (Å²) < 4.78 is 13.2. The van der Waals surface area contributed by atoms with Crippen LogP contribution in [0.4, 0.5) is 5.69 Å². The first-order chi connectivity index (χ1) is 16.2. The molecular weight excluding hydrogens is 500 g/mol. The zero-order chi connectivity index (χ0) is 22.6. The van der Waals surface area contributed by atoms with Crippen LogP contribution in [0, 0.1) is 0 Å². The Morgan fingerprint density at radius 2 is 1.85 bits per heavy atom. The fourth-order valence-corrected chi connectivity index (χ4v) is 4.36. The molecule has 1 atom stereocenters. The van der Waals surface area contributed by atoms with Crippen LogP contribution < -0.4 is 14.8 Å². The second-order valence-electron chi connectivity index (χ2n) is 7.36. The van der Waals surface area contributed by atoms with Crippen molar-refractivity contribution < 1.29 is 9.47 Å². The zero-order valence-electron chi connectivity index (χ0n) is 17.9. The monoisotopic (exact) mass is 520 g/mol. The van der Waals surface area contributed by atoms with Gasteiger partial charge >= 0.3 is 0 Å². The molecule has 0 saturated carbocycles. The quantitative estimate of drug-likeness (QED) is 0.291. The van der Waals surface area contributed by atoms with Crippen molar-refractivity contribution in [3.05, 3.63) is 88.4 Å². The van der Waals surface area contributed by atoms with Crippen LogP contribution in [0.15, 0.2) is 82.4 Å². The molecule has 1 N–H and O–H groups in total. The fourth-order valence-electron chi connectivity index (χ4n) is 3.49. The number of benzene rings is 3. The number of fused-ring (bicyclic) bond motifs is 3. The van der Waals surface area contributed by atoms with Crippen LogP contribution in [0.3, 0.4) is 0 Å². The van der Waals surface area contributed by atoms with Crippen LogP contribution in [-0.2, 0) is 6.61 Å².